The molecule has 0 aliphatic heterocycles. The average molecular weight is 229 g/mol. The molecule has 1 aromatic carbocycles. The van der Waals surface area contributed by atoms with Crippen molar-refractivity contribution in [2.75, 3.05) is 0 Å². The summed E-state index contributed by atoms with van der Waals surface area (Å²) in [6.07, 6.45) is 2.54. The fraction of sp³-hybridized carbons (Fsp3) is 0.231. The van der Waals surface area contributed by atoms with E-state index in [1.807, 2.05) is 12.1 Å². The van der Waals surface area contributed by atoms with Gasteiger partial charge in [-0.05, 0) is 24.3 Å². The molecule has 3 rings (SSSR count). The van der Waals surface area contributed by atoms with Crippen LogP contribution in [-0.4, -0.2) is 16.2 Å². The first-order valence-electron chi connectivity index (χ1n) is 5.54. The van der Waals surface area contributed by atoms with Gasteiger partial charge in [-0.2, -0.15) is 0 Å². The number of nitrogens with zero attached hydrogens (tertiary/aromatic N) is 1. The number of carboxylic acid groups (broad SMARTS) is 1. The maximum absolute atomic E-state index is 10.7. The second-order valence-electron chi connectivity index (χ2n) is 4.28. The Hall–Kier alpha value is -2.10. The van der Waals surface area contributed by atoms with Gasteiger partial charge in [0.2, 0.25) is 5.76 Å². The van der Waals surface area contributed by atoms with Gasteiger partial charge >= 0.3 is 5.97 Å². The van der Waals surface area contributed by atoms with E-state index in [0.29, 0.717) is 5.69 Å². The van der Waals surface area contributed by atoms with Crippen LogP contribution in [0, 0.1) is 0 Å². The monoisotopic (exact) mass is 229 g/mol. The van der Waals surface area contributed by atoms with Gasteiger partial charge in [-0.25, -0.2) is 4.79 Å². The molecule has 4 heteroatoms. The van der Waals surface area contributed by atoms with Gasteiger partial charge in [0.25, 0.3) is 0 Å². The molecule has 1 N–H and O–H groups in total. The summed E-state index contributed by atoms with van der Waals surface area (Å²) in [6.45, 7) is 0. The third-order valence-electron chi connectivity index (χ3n) is 2.98. The molecule has 1 aliphatic carbocycles. The Labute approximate surface area is 97.9 Å². The summed E-state index contributed by atoms with van der Waals surface area (Å²) < 4.78 is 4.72. The molecular formula is C13H11NO3. The number of carbonyl (C=O) groups is 1. The van der Waals surface area contributed by atoms with Crippen molar-refractivity contribution in [3.8, 4) is 11.3 Å². The molecule has 1 saturated carbocycles. The summed E-state index contributed by atoms with van der Waals surface area (Å²) in [5.41, 5.74) is 2.78. The Bertz CT molecular complexity index is 552. The fourth-order valence-electron chi connectivity index (χ4n) is 1.85. The molecule has 2 aromatic rings. The summed E-state index contributed by atoms with van der Waals surface area (Å²) in [7, 11) is 0. The van der Waals surface area contributed by atoms with Crippen LogP contribution in [0.1, 0.15) is 34.9 Å². The Morgan fingerprint density at radius 1 is 1.29 bits per heavy atom. The number of aromatic carboxylic acids is 1. The highest BCUT2D eigenvalue weighted by molar-refractivity contribution is 5.85. The van der Waals surface area contributed by atoms with Crippen LogP contribution in [0.4, 0.5) is 0 Å². The van der Waals surface area contributed by atoms with Crippen molar-refractivity contribution in [3.63, 3.8) is 0 Å². The van der Waals surface area contributed by atoms with Crippen LogP contribution in [0.5, 0.6) is 0 Å². The van der Waals surface area contributed by atoms with Crippen molar-refractivity contribution in [1.29, 1.82) is 0 Å². The molecule has 1 heterocycles. The molecule has 0 saturated heterocycles. The summed E-state index contributed by atoms with van der Waals surface area (Å²) in [5.74, 6) is -0.513. The van der Waals surface area contributed by atoms with Crippen LogP contribution >= 0.6 is 0 Å². The Balaban J connectivity index is 1.88. The van der Waals surface area contributed by atoms with Crippen molar-refractivity contribution in [1.82, 2.24) is 5.16 Å². The largest absolute Gasteiger partial charge is 0.475 e. The lowest BCUT2D eigenvalue weighted by atomic mass is 10.1. The summed E-state index contributed by atoms with van der Waals surface area (Å²) in [4.78, 5) is 10.7. The molecule has 0 unspecified atom stereocenters. The molecule has 1 fully saturated rings. The number of carboxylic acids is 1. The molecule has 0 bridgehead atoms. The lowest BCUT2D eigenvalue weighted by Crippen LogP contribution is -1.91. The number of aromatic nitrogens is 1. The van der Waals surface area contributed by atoms with Crippen LogP contribution in [0.25, 0.3) is 11.3 Å². The highest BCUT2D eigenvalue weighted by atomic mass is 16.5. The van der Waals surface area contributed by atoms with E-state index in [1.54, 1.807) is 0 Å². The maximum Gasteiger partial charge on any atom is 0.374 e. The predicted molar refractivity (Wildman–Crippen MR) is 60.9 cm³/mol. The molecule has 4 nitrogen and oxygen atoms in total. The van der Waals surface area contributed by atoms with Crippen molar-refractivity contribution in [3.05, 3.63) is 41.7 Å². The van der Waals surface area contributed by atoms with E-state index >= 15 is 0 Å². The summed E-state index contributed by atoms with van der Waals surface area (Å²) >= 11 is 0. The number of hydrogen-bond donors (Lipinski definition) is 1. The molecule has 1 aromatic heterocycles. The first kappa shape index (κ1) is 10.1. The zero-order chi connectivity index (χ0) is 11.8. The minimum Gasteiger partial charge on any atom is -0.475 e. The third-order valence-corrected chi connectivity index (χ3v) is 2.98. The minimum absolute atomic E-state index is 0.133. The number of rotatable bonds is 3. The molecule has 0 spiro atoms. The number of hydrogen-bond acceptors (Lipinski definition) is 3. The molecule has 0 radical (unpaired) electrons. The first-order valence-corrected chi connectivity index (χ1v) is 5.54. The second-order valence-corrected chi connectivity index (χ2v) is 4.28. The molecule has 86 valence electrons. The smallest absolute Gasteiger partial charge is 0.374 e. The van der Waals surface area contributed by atoms with Gasteiger partial charge in [-0.3, -0.25) is 0 Å². The van der Waals surface area contributed by atoms with Crippen molar-refractivity contribution in [2.24, 2.45) is 0 Å². The molecule has 17 heavy (non-hydrogen) atoms. The highest BCUT2D eigenvalue weighted by Crippen LogP contribution is 2.40. The van der Waals surface area contributed by atoms with Crippen molar-refractivity contribution >= 4 is 5.97 Å². The standard InChI is InChI=1S/C13H11NO3/c15-13(16)12-7-11(14-17-12)10-5-3-9(4-6-10)8-1-2-8/h3-8H,1-2H2,(H,15,16). The maximum atomic E-state index is 10.7. The minimum atomic E-state index is -1.10. The van der Waals surface area contributed by atoms with E-state index in [4.69, 9.17) is 9.63 Å². The Kier molecular flexibility index (Phi) is 2.21. The van der Waals surface area contributed by atoms with Crippen LogP contribution in [0.2, 0.25) is 0 Å². The van der Waals surface area contributed by atoms with E-state index in [2.05, 4.69) is 17.3 Å². The van der Waals surface area contributed by atoms with Gasteiger partial charge in [-0.15, -0.1) is 0 Å². The zero-order valence-corrected chi connectivity index (χ0v) is 9.09. The van der Waals surface area contributed by atoms with Crippen LogP contribution in [0.15, 0.2) is 34.9 Å². The van der Waals surface area contributed by atoms with Gasteiger partial charge < -0.3 is 9.63 Å². The normalized spacial score (nSPS) is 14.8. The highest BCUT2D eigenvalue weighted by Gasteiger charge is 2.23. The van der Waals surface area contributed by atoms with Gasteiger partial charge in [0.15, 0.2) is 0 Å². The molecule has 0 amide bonds. The number of benzene rings is 1. The van der Waals surface area contributed by atoms with Gasteiger partial charge in [0.05, 0.1) is 0 Å². The lowest BCUT2D eigenvalue weighted by Gasteiger charge is -1.99. The molecular weight excluding hydrogens is 218 g/mol. The van der Waals surface area contributed by atoms with Crippen LogP contribution < -0.4 is 0 Å². The van der Waals surface area contributed by atoms with E-state index in [0.717, 1.165) is 11.5 Å². The van der Waals surface area contributed by atoms with E-state index in [9.17, 15) is 4.79 Å². The van der Waals surface area contributed by atoms with Crippen LogP contribution in [0.3, 0.4) is 0 Å². The van der Waals surface area contributed by atoms with Crippen LogP contribution in [-0.2, 0) is 0 Å². The van der Waals surface area contributed by atoms with Crippen molar-refractivity contribution < 1.29 is 14.4 Å². The average Bonchev–Trinajstić information content (AvgIpc) is 3.06. The first-order chi connectivity index (χ1) is 8.24. The zero-order valence-electron chi connectivity index (χ0n) is 9.09. The second kappa shape index (κ2) is 3.73. The SMILES string of the molecule is O=C(O)c1cc(-c2ccc(C3CC3)cc2)no1. The van der Waals surface area contributed by atoms with Gasteiger partial charge in [0.1, 0.15) is 5.69 Å². The molecule has 0 atom stereocenters. The Morgan fingerprint density at radius 2 is 2.00 bits per heavy atom. The van der Waals surface area contributed by atoms with Gasteiger partial charge in [0, 0.05) is 11.6 Å². The van der Waals surface area contributed by atoms with Gasteiger partial charge in [-0.1, -0.05) is 29.4 Å². The summed E-state index contributed by atoms with van der Waals surface area (Å²) in [5, 5.41) is 12.5. The van der Waals surface area contributed by atoms with E-state index in [1.165, 1.54) is 24.5 Å². The van der Waals surface area contributed by atoms with E-state index in [-0.39, 0.29) is 5.76 Å². The topological polar surface area (TPSA) is 63.3 Å². The predicted octanol–water partition coefficient (Wildman–Crippen LogP) is 2.92. The quantitative estimate of drug-likeness (QED) is 0.878. The third kappa shape index (κ3) is 1.93. The molecule has 1 aliphatic rings. The lowest BCUT2D eigenvalue weighted by molar-refractivity contribution is 0.0652. The van der Waals surface area contributed by atoms with E-state index < -0.39 is 5.97 Å². The Morgan fingerprint density at radius 3 is 2.53 bits per heavy atom. The summed E-state index contributed by atoms with van der Waals surface area (Å²) in [6, 6.07) is 9.49. The van der Waals surface area contributed by atoms with Crippen molar-refractivity contribution in [2.45, 2.75) is 18.8 Å². The fourth-order valence-corrected chi connectivity index (χ4v) is 1.85.